The summed E-state index contributed by atoms with van der Waals surface area (Å²) in [6.07, 6.45) is 1.53. The van der Waals surface area contributed by atoms with Crippen molar-refractivity contribution in [2.24, 2.45) is 5.11 Å². The van der Waals surface area contributed by atoms with Gasteiger partial charge in [0, 0.05) is 23.4 Å². The van der Waals surface area contributed by atoms with Crippen molar-refractivity contribution >= 4 is 17.6 Å². The van der Waals surface area contributed by atoms with Crippen molar-refractivity contribution in [3.05, 3.63) is 77.4 Å². The average Bonchev–Trinajstić information content (AvgIpc) is 2.81. The number of nitrogens with two attached hydrogens (primary N) is 1. The molecule has 0 aliphatic carbocycles. The number of benzene rings is 1. The van der Waals surface area contributed by atoms with E-state index >= 15 is 0 Å². The number of aliphatic carboxylic acids is 1. The van der Waals surface area contributed by atoms with Crippen molar-refractivity contribution in [2.75, 3.05) is 5.73 Å². The summed E-state index contributed by atoms with van der Waals surface area (Å²) in [7, 11) is 0. The van der Waals surface area contributed by atoms with Gasteiger partial charge in [0.2, 0.25) is 5.95 Å². The first-order valence-electron chi connectivity index (χ1n) is 10.0. The number of carboxylic acids is 1. The molecule has 0 radical (unpaired) electrons. The van der Waals surface area contributed by atoms with Crippen LogP contribution in [0.15, 0.2) is 59.8 Å². The van der Waals surface area contributed by atoms with Crippen LogP contribution >= 0.6 is 0 Å². The van der Waals surface area contributed by atoms with Gasteiger partial charge in [-0.15, -0.1) is 0 Å². The average molecular weight is 442 g/mol. The number of nitrogen functional groups attached to an aromatic ring is 1. The molecule has 1 aromatic carbocycles. The lowest BCUT2D eigenvalue weighted by atomic mass is 10.0. The molecule has 2 heterocycles. The van der Waals surface area contributed by atoms with Crippen LogP contribution in [-0.2, 0) is 11.3 Å². The van der Waals surface area contributed by atoms with Gasteiger partial charge in [0.15, 0.2) is 0 Å². The number of rotatable bonds is 9. The lowest BCUT2D eigenvalue weighted by molar-refractivity contribution is -0.137. The molecule has 0 aliphatic rings. The standard InChI is InChI=1S/C23H22N8O2/c1-14(8-22(32)33)18-7-3-6-17(28-18)12-27-13-21(31-26)20-10-19(29-23(25)30-20)16-5-2-4-15(9-16)11-24/h2-7,9-10,13-14,26-27H,8,12H2,1H3,(H,32,33)(H2,25,29,30)/b21-13-,31-26?. The summed E-state index contributed by atoms with van der Waals surface area (Å²) in [6, 6.07) is 16.1. The summed E-state index contributed by atoms with van der Waals surface area (Å²) in [5, 5.41) is 24.7. The second-order valence-electron chi connectivity index (χ2n) is 7.26. The monoisotopic (exact) mass is 442 g/mol. The first-order valence-corrected chi connectivity index (χ1v) is 10.0. The van der Waals surface area contributed by atoms with Crippen LogP contribution in [0.3, 0.4) is 0 Å². The van der Waals surface area contributed by atoms with E-state index in [2.05, 4.69) is 31.5 Å². The predicted molar refractivity (Wildman–Crippen MR) is 121 cm³/mol. The molecule has 0 aliphatic heterocycles. The molecular weight excluding hydrogens is 420 g/mol. The first-order chi connectivity index (χ1) is 15.9. The topological polar surface area (TPSA) is 174 Å². The number of carbonyl (C=O) groups is 1. The minimum atomic E-state index is -0.875. The molecule has 0 bridgehead atoms. The van der Waals surface area contributed by atoms with Gasteiger partial charge >= 0.3 is 5.97 Å². The lowest BCUT2D eigenvalue weighted by Crippen LogP contribution is -2.10. The molecule has 1 atom stereocenters. The molecule has 33 heavy (non-hydrogen) atoms. The summed E-state index contributed by atoms with van der Waals surface area (Å²) in [4.78, 5) is 23.8. The van der Waals surface area contributed by atoms with Crippen LogP contribution in [0.4, 0.5) is 5.95 Å². The van der Waals surface area contributed by atoms with Crippen LogP contribution in [0, 0.1) is 16.9 Å². The highest BCUT2D eigenvalue weighted by Gasteiger charge is 2.12. The number of anilines is 1. The molecule has 0 saturated heterocycles. The maximum absolute atomic E-state index is 10.9. The minimum absolute atomic E-state index is 0.000395. The SMILES string of the molecule is CC(CC(=O)O)c1cccc(CN/C=C(\N=N)c2cc(-c3cccc(C#N)c3)nc(N)n2)n1. The third kappa shape index (κ3) is 6.18. The van der Waals surface area contributed by atoms with E-state index in [4.69, 9.17) is 21.6 Å². The van der Waals surface area contributed by atoms with Crippen LogP contribution in [0.5, 0.6) is 0 Å². The molecule has 0 amide bonds. The van der Waals surface area contributed by atoms with Gasteiger partial charge < -0.3 is 16.2 Å². The van der Waals surface area contributed by atoms with E-state index in [1.54, 1.807) is 36.4 Å². The van der Waals surface area contributed by atoms with E-state index in [9.17, 15) is 4.79 Å². The second kappa shape index (κ2) is 10.6. The zero-order valence-corrected chi connectivity index (χ0v) is 17.9. The van der Waals surface area contributed by atoms with E-state index in [-0.39, 0.29) is 24.0 Å². The Morgan fingerprint density at radius 2 is 2.06 bits per heavy atom. The van der Waals surface area contributed by atoms with E-state index in [0.29, 0.717) is 40.4 Å². The number of hydrogen-bond donors (Lipinski definition) is 4. The van der Waals surface area contributed by atoms with Crippen molar-refractivity contribution in [3.63, 3.8) is 0 Å². The smallest absolute Gasteiger partial charge is 0.304 e. The summed E-state index contributed by atoms with van der Waals surface area (Å²) >= 11 is 0. The summed E-state index contributed by atoms with van der Waals surface area (Å²) in [6.45, 7) is 2.15. The molecule has 0 fully saturated rings. The Labute approximate surface area is 190 Å². The van der Waals surface area contributed by atoms with Crippen LogP contribution in [-0.4, -0.2) is 26.0 Å². The Balaban J connectivity index is 1.79. The molecule has 3 rings (SSSR count). The van der Waals surface area contributed by atoms with Gasteiger partial charge in [0.1, 0.15) is 5.70 Å². The molecule has 10 nitrogen and oxygen atoms in total. The highest BCUT2D eigenvalue weighted by molar-refractivity contribution is 5.69. The van der Waals surface area contributed by atoms with Crippen molar-refractivity contribution < 1.29 is 9.90 Å². The maximum Gasteiger partial charge on any atom is 0.304 e. The van der Waals surface area contributed by atoms with Crippen LogP contribution in [0.25, 0.3) is 17.0 Å². The minimum Gasteiger partial charge on any atom is -0.481 e. The number of nitrogens with zero attached hydrogens (tertiary/aromatic N) is 5. The van der Waals surface area contributed by atoms with E-state index in [1.165, 1.54) is 6.20 Å². The summed E-state index contributed by atoms with van der Waals surface area (Å²) in [5.41, 5.74) is 17.1. The number of nitriles is 1. The third-order valence-electron chi connectivity index (χ3n) is 4.75. The fourth-order valence-corrected chi connectivity index (χ4v) is 3.15. The summed E-state index contributed by atoms with van der Waals surface area (Å²) < 4.78 is 0. The molecule has 0 saturated carbocycles. The summed E-state index contributed by atoms with van der Waals surface area (Å²) in [5.74, 6) is -1.07. The Hall–Kier alpha value is -4.65. The van der Waals surface area contributed by atoms with Gasteiger partial charge in [-0.2, -0.15) is 10.4 Å². The van der Waals surface area contributed by atoms with Gasteiger partial charge in [-0.25, -0.2) is 15.5 Å². The van der Waals surface area contributed by atoms with E-state index in [1.807, 2.05) is 19.1 Å². The molecule has 3 aromatic rings. The van der Waals surface area contributed by atoms with Gasteiger partial charge in [-0.3, -0.25) is 9.78 Å². The normalized spacial score (nSPS) is 11.9. The number of nitrogens with one attached hydrogen (secondary N) is 2. The number of pyridine rings is 1. The van der Waals surface area contributed by atoms with Gasteiger partial charge in [0.25, 0.3) is 0 Å². The highest BCUT2D eigenvalue weighted by atomic mass is 16.4. The van der Waals surface area contributed by atoms with Crippen molar-refractivity contribution in [3.8, 4) is 17.3 Å². The first kappa shape index (κ1) is 23.0. The van der Waals surface area contributed by atoms with Crippen molar-refractivity contribution in [2.45, 2.75) is 25.8 Å². The molecule has 5 N–H and O–H groups in total. The molecule has 10 heteroatoms. The Morgan fingerprint density at radius 3 is 2.79 bits per heavy atom. The Bertz CT molecular complexity index is 1250. The highest BCUT2D eigenvalue weighted by Crippen LogP contribution is 2.23. The quantitative estimate of drug-likeness (QED) is 0.363. The lowest BCUT2D eigenvalue weighted by Gasteiger charge is -2.10. The van der Waals surface area contributed by atoms with Crippen LogP contribution in [0.2, 0.25) is 0 Å². The van der Waals surface area contributed by atoms with Gasteiger partial charge in [-0.1, -0.05) is 25.1 Å². The van der Waals surface area contributed by atoms with E-state index < -0.39 is 5.97 Å². The predicted octanol–water partition coefficient (Wildman–Crippen LogP) is 3.69. The van der Waals surface area contributed by atoms with Crippen LogP contribution in [0.1, 0.15) is 41.9 Å². The number of carboxylic acid groups (broad SMARTS) is 1. The molecule has 0 spiro atoms. The third-order valence-corrected chi connectivity index (χ3v) is 4.75. The largest absolute Gasteiger partial charge is 0.481 e. The molecular formula is C23H22N8O2. The number of hydrogen-bond acceptors (Lipinski definition) is 9. The fraction of sp³-hybridized carbons (Fsp3) is 0.174. The van der Waals surface area contributed by atoms with Gasteiger partial charge in [-0.05, 0) is 30.3 Å². The van der Waals surface area contributed by atoms with Crippen molar-refractivity contribution in [1.82, 2.24) is 20.3 Å². The second-order valence-corrected chi connectivity index (χ2v) is 7.26. The van der Waals surface area contributed by atoms with E-state index in [0.717, 1.165) is 0 Å². The Morgan fingerprint density at radius 1 is 1.27 bits per heavy atom. The van der Waals surface area contributed by atoms with Crippen molar-refractivity contribution in [1.29, 1.82) is 10.8 Å². The van der Waals surface area contributed by atoms with Crippen LogP contribution < -0.4 is 11.1 Å². The maximum atomic E-state index is 10.9. The molecule has 1 unspecified atom stereocenters. The molecule has 166 valence electrons. The zero-order chi connectivity index (χ0) is 23.8. The van der Waals surface area contributed by atoms with Gasteiger partial charge in [0.05, 0.1) is 41.7 Å². The number of aromatic nitrogens is 3. The Kier molecular flexibility index (Phi) is 7.39. The molecule has 2 aromatic heterocycles. The zero-order valence-electron chi connectivity index (χ0n) is 17.9. The fourth-order valence-electron chi connectivity index (χ4n) is 3.15.